The highest BCUT2D eigenvalue weighted by molar-refractivity contribution is 7.12. The number of hydrogen-bond acceptors (Lipinski definition) is 1. The van der Waals surface area contributed by atoms with Crippen LogP contribution in [0.2, 0.25) is 0 Å². The Morgan fingerprint density at radius 3 is 2.22 bits per heavy atom. The summed E-state index contributed by atoms with van der Waals surface area (Å²) in [5.41, 5.74) is -1.25. The number of halogens is 5. The largest absolute Gasteiger partial charge is 0.417 e. The highest BCUT2D eigenvalue weighted by Gasteiger charge is 2.35. The van der Waals surface area contributed by atoms with Gasteiger partial charge in [0.1, 0.15) is 5.82 Å². The molecule has 0 fully saturated rings. The molecule has 1 aromatic heterocycles. The molecule has 0 aliphatic carbocycles. The molecule has 0 atom stereocenters. The van der Waals surface area contributed by atoms with Crippen LogP contribution in [0.3, 0.4) is 0 Å². The second-order valence-electron chi connectivity index (χ2n) is 4.27. The van der Waals surface area contributed by atoms with E-state index in [1.165, 1.54) is 0 Å². The van der Waals surface area contributed by atoms with E-state index in [0.717, 1.165) is 6.07 Å². The van der Waals surface area contributed by atoms with Crippen LogP contribution >= 0.6 is 11.3 Å². The fraction of sp³-hybridized carbons (Fsp3) is 0.333. The molecule has 2 rings (SSSR count). The molecule has 1 aromatic carbocycles. The molecule has 0 saturated heterocycles. The molecule has 0 spiro atoms. The van der Waals surface area contributed by atoms with Crippen molar-refractivity contribution >= 4 is 22.1 Å². The van der Waals surface area contributed by atoms with Gasteiger partial charge in [-0.1, -0.05) is 13.8 Å². The van der Waals surface area contributed by atoms with Gasteiger partial charge in [-0.2, -0.15) is 17.6 Å². The maximum atomic E-state index is 13.7. The van der Waals surface area contributed by atoms with Crippen LogP contribution in [0.15, 0.2) is 12.1 Å². The third-order valence-electron chi connectivity index (χ3n) is 2.59. The van der Waals surface area contributed by atoms with Crippen molar-refractivity contribution in [1.29, 1.82) is 0 Å². The first-order chi connectivity index (χ1) is 8.21. The summed E-state index contributed by atoms with van der Waals surface area (Å²) >= 11 is 0.641. The molecule has 1 heterocycles. The van der Waals surface area contributed by atoms with Crippen LogP contribution < -0.4 is 0 Å². The highest BCUT2D eigenvalue weighted by Crippen LogP contribution is 2.42. The Kier molecular flexibility index (Phi) is 3.09. The van der Waals surface area contributed by atoms with Gasteiger partial charge in [-0.25, -0.2) is 4.39 Å². The molecular weight excluding hydrogens is 271 g/mol. The lowest BCUT2D eigenvalue weighted by atomic mass is 10.0. The molecule has 0 bridgehead atoms. The van der Waals surface area contributed by atoms with Gasteiger partial charge in [-0.3, -0.25) is 0 Å². The van der Waals surface area contributed by atoms with Crippen molar-refractivity contribution in [3.05, 3.63) is 33.5 Å². The Balaban J connectivity index is 2.89. The van der Waals surface area contributed by atoms with Crippen LogP contribution in [0.25, 0.3) is 10.8 Å². The molecular formula is C12H9F5S. The first kappa shape index (κ1) is 13.3. The van der Waals surface area contributed by atoms with Crippen LogP contribution in [0.1, 0.15) is 30.2 Å². The lowest BCUT2D eigenvalue weighted by Gasteiger charge is -2.09. The summed E-state index contributed by atoms with van der Waals surface area (Å²) in [4.78, 5) is 0.424. The second-order valence-corrected chi connectivity index (χ2v) is 5.27. The Morgan fingerprint density at radius 2 is 1.72 bits per heavy atom. The van der Waals surface area contributed by atoms with Crippen LogP contribution in [-0.2, 0) is 6.18 Å². The van der Waals surface area contributed by atoms with Crippen molar-refractivity contribution in [2.45, 2.75) is 25.9 Å². The molecule has 98 valence electrons. The normalized spacial score (nSPS) is 12.7. The Morgan fingerprint density at radius 1 is 1.11 bits per heavy atom. The van der Waals surface area contributed by atoms with E-state index in [1.807, 2.05) is 0 Å². The molecule has 0 aliphatic heterocycles. The summed E-state index contributed by atoms with van der Waals surface area (Å²) in [6.45, 7) is 3.45. The lowest BCUT2D eigenvalue weighted by Crippen LogP contribution is -2.06. The zero-order chi connectivity index (χ0) is 13.7. The van der Waals surface area contributed by atoms with E-state index in [2.05, 4.69) is 0 Å². The van der Waals surface area contributed by atoms with Crippen LogP contribution in [0.5, 0.6) is 0 Å². The maximum absolute atomic E-state index is 13.7. The zero-order valence-electron chi connectivity index (χ0n) is 9.53. The average Bonchev–Trinajstić information content (AvgIpc) is 2.53. The van der Waals surface area contributed by atoms with E-state index < -0.39 is 28.1 Å². The van der Waals surface area contributed by atoms with Gasteiger partial charge in [0.25, 0.3) is 0 Å². The summed E-state index contributed by atoms with van der Waals surface area (Å²) in [6, 6.07) is 1.29. The van der Waals surface area contributed by atoms with E-state index in [9.17, 15) is 22.0 Å². The van der Waals surface area contributed by atoms with Gasteiger partial charge in [0.2, 0.25) is 0 Å². The molecule has 0 N–H and O–H groups in total. The summed E-state index contributed by atoms with van der Waals surface area (Å²) in [6.07, 6.45) is -4.77. The Hall–Kier alpha value is -1.17. The van der Waals surface area contributed by atoms with Crippen LogP contribution in [-0.4, -0.2) is 0 Å². The lowest BCUT2D eigenvalue weighted by molar-refractivity contribution is -0.136. The molecule has 0 aliphatic rings. The Bertz CT molecular complexity index is 595. The van der Waals surface area contributed by atoms with Crippen molar-refractivity contribution < 1.29 is 22.0 Å². The smallest absolute Gasteiger partial charge is 0.207 e. The molecule has 6 heteroatoms. The standard InChI is InChI=1S/C12H9F5S/c1-5(2)10-7-3-6(13)4-8(12(15,16)17)9(7)11(14)18-10/h3-5H,1-2H3. The Labute approximate surface area is 104 Å². The SMILES string of the molecule is CC(C)c1sc(F)c2c(C(F)(F)F)cc(F)cc12. The predicted molar refractivity (Wildman–Crippen MR) is 60.8 cm³/mol. The highest BCUT2D eigenvalue weighted by atomic mass is 32.1. The first-order valence-corrected chi connectivity index (χ1v) is 6.02. The van der Waals surface area contributed by atoms with Crippen LogP contribution in [0, 0.1) is 10.9 Å². The zero-order valence-corrected chi connectivity index (χ0v) is 10.3. The van der Waals surface area contributed by atoms with Gasteiger partial charge in [-0.15, -0.1) is 11.3 Å². The summed E-state index contributed by atoms with van der Waals surface area (Å²) in [5, 5.41) is -1.43. The van der Waals surface area contributed by atoms with Crippen molar-refractivity contribution in [3.8, 4) is 0 Å². The number of fused-ring (bicyclic) bond motifs is 1. The second kappa shape index (κ2) is 4.19. The van der Waals surface area contributed by atoms with E-state index in [-0.39, 0.29) is 11.3 Å². The van der Waals surface area contributed by atoms with Gasteiger partial charge in [0.05, 0.1) is 5.56 Å². The van der Waals surface area contributed by atoms with Crippen LogP contribution in [0.4, 0.5) is 22.0 Å². The minimum atomic E-state index is -4.77. The number of benzene rings is 1. The molecule has 0 amide bonds. The fourth-order valence-electron chi connectivity index (χ4n) is 1.87. The summed E-state index contributed by atoms with van der Waals surface area (Å²) in [5.74, 6) is -1.17. The van der Waals surface area contributed by atoms with Gasteiger partial charge < -0.3 is 0 Å². The predicted octanol–water partition coefficient (Wildman–Crippen LogP) is 5.32. The number of hydrogen-bond donors (Lipinski definition) is 0. The van der Waals surface area contributed by atoms with E-state index in [1.54, 1.807) is 13.8 Å². The number of thiophene rings is 1. The number of alkyl halides is 3. The van der Waals surface area contributed by atoms with Crippen molar-refractivity contribution in [2.24, 2.45) is 0 Å². The average molecular weight is 280 g/mol. The molecule has 0 radical (unpaired) electrons. The molecule has 2 aromatic rings. The summed E-state index contributed by atoms with van der Waals surface area (Å²) in [7, 11) is 0. The molecule has 0 saturated carbocycles. The monoisotopic (exact) mass is 280 g/mol. The van der Waals surface area contributed by atoms with Crippen molar-refractivity contribution in [2.75, 3.05) is 0 Å². The van der Waals surface area contributed by atoms with Gasteiger partial charge in [-0.05, 0) is 18.1 Å². The van der Waals surface area contributed by atoms with Crippen molar-refractivity contribution in [1.82, 2.24) is 0 Å². The van der Waals surface area contributed by atoms with E-state index in [0.29, 0.717) is 22.3 Å². The fourth-order valence-corrected chi connectivity index (χ4v) is 2.89. The van der Waals surface area contributed by atoms with Gasteiger partial charge in [0.15, 0.2) is 5.13 Å². The van der Waals surface area contributed by atoms with Gasteiger partial charge in [0, 0.05) is 15.6 Å². The quantitative estimate of drug-likeness (QED) is 0.620. The van der Waals surface area contributed by atoms with E-state index >= 15 is 0 Å². The molecule has 0 nitrogen and oxygen atoms in total. The third kappa shape index (κ3) is 2.09. The third-order valence-corrected chi connectivity index (χ3v) is 3.89. The van der Waals surface area contributed by atoms with Crippen molar-refractivity contribution in [3.63, 3.8) is 0 Å². The van der Waals surface area contributed by atoms with E-state index in [4.69, 9.17) is 0 Å². The molecule has 0 unspecified atom stereocenters. The first-order valence-electron chi connectivity index (χ1n) is 5.20. The minimum Gasteiger partial charge on any atom is -0.207 e. The summed E-state index contributed by atoms with van der Waals surface area (Å²) < 4.78 is 65.2. The maximum Gasteiger partial charge on any atom is 0.417 e. The van der Waals surface area contributed by atoms with Gasteiger partial charge >= 0.3 is 6.18 Å². The molecule has 18 heavy (non-hydrogen) atoms. The topological polar surface area (TPSA) is 0 Å². The minimum absolute atomic E-state index is 0.0137. The number of rotatable bonds is 1.